The maximum atomic E-state index is 6.07. The van der Waals surface area contributed by atoms with Gasteiger partial charge in [-0.05, 0) is 23.3 Å². The minimum absolute atomic E-state index is 0.414. The SMILES string of the molecule is NC(=NN=Cc1ccc2ncnc(Cl)c2c1)SCc1ccccc1. The van der Waals surface area contributed by atoms with Crippen LogP contribution in [0.2, 0.25) is 5.15 Å². The minimum Gasteiger partial charge on any atom is -0.377 e. The van der Waals surface area contributed by atoms with Crippen molar-refractivity contribution in [1.82, 2.24) is 9.97 Å². The molecule has 24 heavy (non-hydrogen) atoms. The van der Waals surface area contributed by atoms with Crippen molar-refractivity contribution >= 4 is 45.6 Å². The monoisotopic (exact) mass is 355 g/mol. The smallest absolute Gasteiger partial charge is 0.180 e. The van der Waals surface area contributed by atoms with Gasteiger partial charge in [-0.1, -0.05) is 59.8 Å². The predicted molar refractivity (Wildman–Crippen MR) is 102 cm³/mol. The molecule has 0 aliphatic heterocycles. The zero-order valence-electron chi connectivity index (χ0n) is 12.6. The summed E-state index contributed by atoms with van der Waals surface area (Å²) >= 11 is 7.51. The average Bonchev–Trinajstić information content (AvgIpc) is 2.61. The topological polar surface area (TPSA) is 76.5 Å². The largest absolute Gasteiger partial charge is 0.377 e. The third-order valence-corrected chi connectivity index (χ3v) is 4.36. The molecule has 0 aliphatic carbocycles. The lowest BCUT2D eigenvalue weighted by Gasteiger charge is -2.00. The van der Waals surface area contributed by atoms with Gasteiger partial charge in [-0.3, -0.25) is 0 Å². The summed E-state index contributed by atoms with van der Waals surface area (Å²) in [5.41, 5.74) is 8.68. The molecule has 0 unspecified atom stereocenters. The lowest BCUT2D eigenvalue weighted by molar-refractivity contribution is 1.22. The Labute approximate surface area is 148 Å². The molecule has 0 saturated heterocycles. The van der Waals surface area contributed by atoms with Gasteiger partial charge in [0.05, 0.1) is 11.7 Å². The second-order valence-corrected chi connectivity index (χ2v) is 6.25. The van der Waals surface area contributed by atoms with Crippen LogP contribution in [0.1, 0.15) is 11.1 Å². The molecule has 0 amide bonds. The van der Waals surface area contributed by atoms with Crippen molar-refractivity contribution in [2.75, 3.05) is 0 Å². The molecule has 2 aromatic carbocycles. The van der Waals surface area contributed by atoms with Crippen molar-refractivity contribution in [3.05, 3.63) is 71.1 Å². The quantitative estimate of drug-likeness (QED) is 0.333. The van der Waals surface area contributed by atoms with Crippen LogP contribution in [0, 0.1) is 0 Å². The average molecular weight is 356 g/mol. The highest BCUT2D eigenvalue weighted by Crippen LogP contribution is 2.19. The molecule has 0 spiro atoms. The number of nitrogens with zero attached hydrogens (tertiary/aromatic N) is 4. The normalized spacial score (nSPS) is 12.1. The second kappa shape index (κ2) is 7.90. The molecule has 0 fully saturated rings. The molecule has 0 aliphatic rings. The van der Waals surface area contributed by atoms with Crippen LogP contribution in [-0.4, -0.2) is 21.4 Å². The van der Waals surface area contributed by atoms with E-state index in [1.807, 2.05) is 48.5 Å². The first-order chi connectivity index (χ1) is 11.7. The van der Waals surface area contributed by atoms with Crippen LogP contribution in [0.5, 0.6) is 0 Å². The van der Waals surface area contributed by atoms with Gasteiger partial charge in [0, 0.05) is 11.1 Å². The van der Waals surface area contributed by atoms with Crippen molar-refractivity contribution < 1.29 is 0 Å². The Morgan fingerprint density at radius 3 is 2.83 bits per heavy atom. The van der Waals surface area contributed by atoms with Crippen molar-refractivity contribution in [1.29, 1.82) is 0 Å². The predicted octanol–water partition coefficient (Wildman–Crippen LogP) is 3.87. The molecular formula is C17H14ClN5S. The van der Waals surface area contributed by atoms with Crippen molar-refractivity contribution in [3.8, 4) is 0 Å². The van der Waals surface area contributed by atoms with Crippen LogP contribution < -0.4 is 5.73 Å². The van der Waals surface area contributed by atoms with Crippen molar-refractivity contribution in [2.45, 2.75) is 5.75 Å². The summed E-state index contributed by atoms with van der Waals surface area (Å²) in [6, 6.07) is 15.7. The maximum absolute atomic E-state index is 6.07. The Bertz CT molecular complexity index is 896. The van der Waals surface area contributed by atoms with Gasteiger partial charge in [0.1, 0.15) is 11.5 Å². The van der Waals surface area contributed by atoms with E-state index in [0.29, 0.717) is 10.3 Å². The molecule has 3 aromatic rings. The molecule has 0 atom stereocenters. The van der Waals surface area contributed by atoms with Gasteiger partial charge in [-0.2, -0.15) is 5.10 Å². The van der Waals surface area contributed by atoms with Gasteiger partial charge in [-0.15, -0.1) is 5.10 Å². The van der Waals surface area contributed by atoms with Crippen LogP contribution in [-0.2, 0) is 5.75 Å². The number of rotatable bonds is 4. The lowest BCUT2D eigenvalue weighted by atomic mass is 10.2. The molecule has 1 heterocycles. The van der Waals surface area contributed by atoms with Gasteiger partial charge < -0.3 is 5.73 Å². The zero-order chi connectivity index (χ0) is 16.8. The Morgan fingerprint density at radius 1 is 1.17 bits per heavy atom. The maximum Gasteiger partial charge on any atom is 0.180 e. The van der Waals surface area contributed by atoms with Crippen LogP contribution >= 0.6 is 23.4 Å². The Morgan fingerprint density at radius 2 is 2.00 bits per heavy atom. The summed E-state index contributed by atoms with van der Waals surface area (Å²) in [7, 11) is 0. The molecule has 2 N–H and O–H groups in total. The van der Waals surface area contributed by atoms with E-state index >= 15 is 0 Å². The number of thioether (sulfide) groups is 1. The standard InChI is InChI=1S/C17H14ClN5S/c18-16-14-8-13(6-7-15(14)20-11-21-16)9-22-23-17(19)24-10-12-4-2-1-3-5-12/h1-9,11H,10H2,(H2,19,23). The molecular weight excluding hydrogens is 342 g/mol. The molecule has 120 valence electrons. The molecule has 0 saturated carbocycles. The summed E-state index contributed by atoms with van der Waals surface area (Å²) < 4.78 is 0. The molecule has 3 rings (SSSR count). The summed E-state index contributed by atoms with van der Waals surface area (Å²) in [5.74, 6) is 0.759. The number of benzene rings is 2. The van der Waals surface area contributed by atoms with E-state index in [-0.39, 0.29) is 0 Å². The van der Waals surface area contributed by atoms with E-state index in [4.69, 9.17) is 17.3 Å². The Hall–Kier alpha value is -2.44. The van der Waals surface area contributed by atoms with Gasteiger partial charge >= 0.3 is 0 Å². The fourth-order valence-electron chi connectivity index (χ4n) is 2.04. The fraction of sp³-hybridized carbons (Fsp3) is 0.0588. The van der Waals surface area contributed by atoms with Crippen LogP contribution in [0.4, 0.5) is 0 Å². The highest BCUT2D eigenvalue weighted by atomic mass is 35.5. The van der Waals surface area contributed by atoms with Gasteiger partial charge in [0.2, 0.25) is 0 Å². The van der Waals surface area contributed by atoms with Gasteiger partial charge in [0.25, 0.3) is 0 Å². The van der Waals surface area contributed by atoms with E-state index in [1.165, 1.54) is 23.7 Å². The van der Waals surface area contributed by atoms with E-state index < -0.39 is 0 Å². The van der Waals surface area contributed by atoms with Crippen LogP contribution in [0.15, 0.2) is 65.1 Å². The Kier molecular flexibility index (Phi) is 5.40. The fourth-order valence-corrected chi connectivity index (χ4v) is 2.84. The van der Waals surface area contributed by atoms with Gasteiger partial charge in [-0.25, -0.2) is 9.97 Å². The highest BCUT2D eigenvalue weighted by molar-refractivity contribution is 8.13. The number of halogens is 1. The number of hydrogen-bond acceptors (Lipinski definition) is 5. The number of aromatic nitrogens is 2. The third-order valence-electron chi connectivity index (χ3n) is 3.20. The van der Waals surface area contributed by atoms with E-state index in [0.717, 1.165) is 22.2 Å². The first kappa shape index (κ1) is 16.4. The van der Waals surface area contributed by atoms with Gasteiger partial charge in [0.15, 0.2) is 5.17 Å². The molecule has 7 heteroatoms. The van der Waals surface area contributed by atoms with Crippen LogP contribution in [0.25, 0.3) is 10.9 Å². The molecule has 5 nitrogen and oxygen atoms in total. The van der Waals surface area contributed by atoms with Crippen molar-refractivity contribution in [3.63, 3.8) is 0 Å². The number of fused-ring (bicyclic) bond motifs is 1. The minimum atomic E-state index is 0.414. The molecule has 1 aromatic heterocycles. The zero-order valence-corrected chi connectivity index (χ0v) is 14.2. The third kappa shape index (κ3) is 4.31. The first-order valence-electron chi connectivity index (χ1n) is 7.16. The van der Waals surface area contributed by atoms with E-state index in [9.17, 15) is 0 Å². The van der Waals surface area contributed by atoms with E-state index in [2.05, 4.69) is 20.2 Å². The summed E-state index contributed by atoms with van der Waals surface area (Å²) in [5, 5.41) is 9.63. The second-order valence-electron chi connectivity index (χ2n) is 4.90. The first-order valence-corrected chi connectivity index (χ1v) is 8.52. The highest BCUT2D eigenvalue weighted by Gasteiger charge is 2.01. The van der Waals surface area contributed by atoms with Crippen molar-refractivity contribution in [2.24, 2.45) is 15.9 Å². The van der Waals surface area contributed by atoms with E-state index in [1.54, 1.807) is 6.21 Å². The molecule has 0 radical (unpaired) electrons. The summed E-state index contributed by atoms with van der Waals surface area (Å²) in [6.07, 6.45) is 3.06. The van der Waals surface area contributed by atoms with Crippen LogP contribution in [0.3, 0.4) is 0 Å². The number of nitrogens with two attached hydrogens (primary N) is 1. The number of amidine groups is 1. The summed E-state index contributed by atoms with van der Waals surface area (Å²) in [6.45, 7) is 0. The lowest BCUT2D eigenvalue weighted by Crippen LogP contribution is -2.05. The number of hydrogen-bond donors (Lipinski definition) is 1. The Balaban J connectivity index is 1.65. The summed E-state index contributed by atoms with van der Waals surface area (Å²) in [4.78, 5) is 8.12. The molecule has 0 bridgehead atoms.